The largest absolute Gasteiger partial charge is 0.394 e. The molecule has 1 saturated carbocycles. The van der Waals surface area contributed by atoms with Gasteiger partial charge in [0, 0.05) is 0 Å². The lowest BCUT2D eigenvalue weighted by atomic mass is 9.77. The Morgan fingerprint density at radius 3 is 1.80 bits per heavy atom. The molecule has 2 rings (SSSR count). The maximum absolute atomic E-state index is 13.4. The summed E-state index contributed by atoms with van der Waals surface area (Å²) in [7, 11) is 0. The highest BCUT2D eigenvalue weighted by Gasteiger charge is 2.40. The summed E-state index contributed by atoms with van der Waals surface area (Å²) < 4.78 is 65.6. The summed E-state index contributed by atoms with van der Waals surface area (Å²) in [5.41, 5.74) is -2.60. The van der Waals surface area contributed by atoms with Gasteiger partial charge in [-0.05, 0) is 19.3 Å². The summed E-state index contributed by atoms with van der Waals surface area (Å²) >= 11 is 0. The molecule has 0 spiro atoms. The van der Waals surface area contributed by atoms with Gasteiger partial charge < -0.3 is 10.4 Å². The van der Waals surface area contributed by atoms with Crippen LogP contribution >= 0.6 is 0 Å². The first-order valence-electron chi connectivity index (χ1n) is 5.78. The molecule has 0 aliphatic heterocycles. The smallest absolute Gasteiger partial charge is 0.257 e. The average Bonchev–Trinajstić information content (AvgIpc) is 2.38. The number of carbonyl (C=O) groups is 1. The van der Waals surface area contributed by atoms with Crippen LogP contribution in [0.4, 0.5) is 22.0 Å². The van der Waals surface area contributed by atoms with E-state index in [0.717, 1.165) is 0 Å². The fourth-order valence-corrected chi connectivity index (χ4v) is 2.03. The van der Waals surface area contributed by atoms with E-state index in [1.54, 1.807) is 0 Å². The van der Waals surface area contributed by atoms with Gasteiger partial charge in [-0.1, -0.05) is 0 Å². The van der Waals surface area contributed by atoms with Crippen molar-refractivity contribution >= 4 is 5.91 Å². The lowest BCUT2D eigenvalue weighted by Gasteiger charge is -2.40. The molecule has 20 heavy (non-hydrogen) atoms. The molecular weight excluding hydrogens is 285 g/mol. The van der Waals surface area contributed by atoms with Gasteiger partial charge in [0.05, 0.1) is 12.1 Å². The highest BCUT2D eigenvalue weighted by Crippen LogP contribution is 2.32. The SMILES string of the molecule is O=C(NC1(CO)CCC1)c1c(F)c(F)c(F)c(F)c1F. The number of hydrogen-bond acceptors (Lipinski definition) is 2. The molecule has 3 nitrogen and oxygen atoms in total. The van der Waals surface area contributed by atoms with Crippen molar-refractivity contribution in [2.24, 2.45) is 0 Å². The van der Waals surface area contributed by atoms with Crippen LogP contribution in [-0.4, -0.2) is 23.2 Å². The van der Waals surface area contributed by atoms with Crippen molar-refractivity contribution in [1.82, 2.24) is 5.32 Å². The van der Waals surface area contributed by atoms with Crippen LogP contribution in [-0.2, 0) is 0 Å². The van der Waals surface area contributed by atoms with Gasteiger partial charge >= 0.3 is 0 Å². The van der Waals surface area contributed by atoms with Crippen molar-refractivity contribution in [2.75, 3.05) is 6.61 Å². The van der Waals surface area contributed by atoms with Crippen LogP contribution in [0.25, 0.3) is 0 Å². The minimum atomic E-state index is -2.32. The summed E-state index contributed by atoms with van der Waals surface area (Å²) in [4.78, 5) is 11.7. The molecule has 0 atom stereocenters. The van der Waals surface area contributed by atoms with Gasteiger partial charge in [0.2, 0.25) is 5.82 Å². The van der Waals surface area contributed by atoms with Crippen molar-refractivity contribution in [3.63, 3.8) is 0 Å². The van der Waals surface area contributed by atoms with Gasteiger partial charge in [-0.25, -0.2) is 22.0 Å². The standard InChI is InChI=1S/C12H10F5NO2/c13-6-5(7(14)9(16)10(17)8(6)15)11(20)18-12(4-19)2-1-3-12/h19H,1-4H2,(H,18,20). The van der Waals surface area contributed by atoms with E-state index in [1.807, 2.05) is 0 Å². The minimum Gasteiger partial charge on any atom is -0.394 e. The topological polar surface area (TPSA) is 49.3 Å². The van der Waals surface area contributed by atoms with Crippen molar-refractivity contribution in [1.29, 1.82) is 0 Å². The molecule has 1 fully saturated rings. The van der Waals surface area contributed by atoms with Crippen LogP contribution in [0.2, 0.25) is 0 Å². The zero-order chi connectivity index (χ0) is 15.1. The molecule has 0 aromatic heterocycles. The van der Waals surface area contributed by atoms with Crippen LogP contribution in [0.5, 0.6) is 0 Å². The fraction of sp³-hybridized carbons (Fsp3) is 0.417. The second-order valence-corrected chi connectivity index (χ2v) is 4.69. The van der Waals surface area contributed by atoms with Crippen LogP contribution in [0.15, 0.2) is 0 Å². The highest BCUT2D eigenvalue weighted by molar-refractivity contribution is 5.95. The van der Waals surface area contributed by atoms with Gasteiger partial charge in [-0.15, -0.1) is 0 Å². The highest BCUT2D eigenvalue weighted by atomic mass is 19.2. The maximum atomic E-state index is 13.4. The number of amides is 1. The van der Waals surface area contributed by atoms with Gasteiger partial charge in [0.15, 0.2) is 23.3 Å². The first-order chi connectivity index (χ1) is 9.33. The third-order valence-electron chi connectivity index (χ3n) is 3.43. The number of benzene rings is 1. The molecule has 1 aromatic rings. The molecule has 0 bridgehead atoms. The molecular formula is C12H10F5NO2. The van der Waals surface area contributed by atoms with Crippen molar-refractivity contribution in [3.05, 3.63) is 34.6 Å². The maximum Gasteiger partial charge on any atom is 0.257 e. The van der Waals surface area contributed by atoms with Gasteiger partial charge in [0.25, 0.3) is 5.91 Å². The second kappa shape index (κ2) is 5.01. The lowest BCUT2D eigenvalue weighted by molar-refractivity contribution is 0.0632. The molecule has 8 heteroatoms. The Balaban J connectivity index is 2.40. The minimum absolute atomic E-state index is 0.366. The second-order valence-electron chi connectivity index (χ2n) is 4.69. The quantitative estimate of drug-likeness (QED) is 0.509. The van der Waals surface area contributed by atoms with Gasteiger partial charge in [-0.2, -0.15) is 0 Å². The Kier molecular flexibility index (Phi) is 3.68. The molecule has 1 aliphatic carbocycles. The van der Waals surface area contributed by atoms with E-state index in [1.165, 1.54) is 0 Å². The Morgan fingerprint density at radius 1 is 1.00 bits per heavy atom. The van der Waals surface area contributed by atoms with Crippen molar-refractivity contribution in [2.45, 2.75) is 24.8 Å². The Labute approximate surface area is 110 Å². The van der Waals surface area contributed by atoms with Crippen LogP contribution in [0.3, 0.4) is 0 Å². The van der Waals surface area contributed by atoms with Gasteiger partial charge in [0.1, 0.15) is 5.56 Å². The van der Waals surface area contributed by atoms with E-state index in [4.69, 9.17) is 5.11 Å². The van der Waals surface area contributed by atoms with Crippen molar-refractivity contribution < 1.29 is 31.9 Å². The lowest BCUT2D eigenvalue weighted by Crippen LogP contribution is -2.56. The first-order valence-corrected chi connectivity index (χ1v) is 5.78. The fourth-order valence-electron chi connectivity index (χ4n) is 2.03. The molecule has 0 radical (unpaired) electrons. The Bertz CT molecular complexity index is 537. The third kappa shape index (κ3) is 2.13. The predicted molar refractivity (Wildman–Crippen MR) is 57.4 cm³/mol. The summed E-state index contributed by atoms with van der Waals surface area (Å²) in [5.74, 6) is -12.5. The zero-order valence-electron chi connectivity index (χ0n) is 10.1. The number of hydrogen-bond donors (Lipinski definition) is 2. The molecule has 1 aliphatic rings. The normalized spacial score (nSPS) is 16.7. The summed E-state index contributed by atoms with van der Waals surface area (Å²) in [6.45, 7) is -0.478. The molecule has 0 heterocycles. The monoisotopic (exact) mass is 295 g/mol. The molecule has 1 aromatic carbocycles. The third-order valence-corrected chi connectivity index (χ3v) is 3.43. The molecule has 0 unspecified atom stereocenters. The number of nitrogens with one attached hydrogen (secondary N) is 1. The Morgan fingerprint density at radius 2 is 1.45 bits per heavy atom. The predicted octanol–water partition coefficient (Wildman–Crippen LogP) is 2.03. The number of aliphatic hydroxyl groups excluding tert-OH is 1. The number of halogens is 5. The van der Waals surface area contributed by atoms with Crippen LogP contribution < -0.4 is 5.32 Å². The van der Waals surface area contributed by atoms with E-state index in [0.29, 0.717) is 19.3 Å². The number of carbonyl (C=O) groups excluding carboxylic acids is 1. The van der Waals surface area contributed by atoms with E-state index in [9.17, 15) is 26.7 Å². The molecule has 1 amide bonds. The number of aliphatic hydroxyl groups is 1. The van der Waals surface area contributed by atoms with Gasteiger partial charge in [-0.3, -0.25) is 4.79 Å². The molecule has 2 N–H and O–H groups in total. The zero-order valence-corrected chi connectivity index (χ0v) is 10.1. The van der Waals surface area contributed by atoms with Crippen LogP contribution in [0.1, 0.15) is 29.6 Å². The first kappa shape index (κ1) is 14.7. The summed E-state index contributed by atoms with van der Waals surface area (Å²) in [5, 5.41) is 11.2. The molecule has 0 saturated heterocycles. The van der Waals surface area contributed by atoms with E-state index in [2.05, 4.69) is 5.32 Å². The number of rotatable bonds is 3. The van der Waals surface area contributed by atoms with E-state index in [-0.39, 0.29) is 0 Å². The van der Waals surface area contributed by atoms with Crippen molar-refractivity contribution in [3.8, 4) is 0 Å². The average molecular weight is 295 g/mol. The summed E-state index contributed by atoms with van der Waals surface area (Å²) in [6, 6.07) is 0. The van der Waals surface area contributed by atoms with E-state index < -0.39 is 52.7 Å². The van der Waals surface area contributed by atoms with E-state index >= 15 is 0 Å². The van der Waals surface area contributed by atoms with Crippen LogP contribution in [0, 0.1) is 29.1 Å². The molecule has 110 valence electrons. The Hall–Kier alpha value is -1.70. The summed E-state index contributed by atoms with van der Waals surface area (Å²) in [6.07, 6.45) is 1.41.